The lowest BCUT2D eigenvalue weighted by atomic mass is 10.2. The lowest BCUT2D eigenvalue weighted by Gasteiger charge is -2.33. The zero-order valence-electron chi connectivity index (χ0n) is 14.8. The van der Waals surface area contributed by atoms with Crippen molar-refractivity contribution < 1.29 is 9.21 Å². The number of furan rings is 1. The summed E-state index contributed by atoms with van der Waals surface area (Å²) in [5.74, 6) is 0.583. The highest BCUT2D eigenvalue weighted by atomic mass is 35.5. The van der Waals surface area contributed by atoms with Gasteiger partial charge in [0.05, 0.1) is 12.0 Å². The van der Waals surface area contributed by atoms with Gasteiger partial charge in [-0.05, 0) is 43.3 Å². The molecule has 142 valence electrons. The van der Waals surface area contributed by atoms with Gasteiger partial charge in [0.2, 0.25) is 0 Å². The van der Waals surface area contributed by atoms with Gasteiger partial charge in [-0.2, -0.15) is 5.10 Å². The Labute approximate surface area is 168 Å². The summed E-state index contributed by atoms with van der Waals surface area (Å²) in [4.78, 5) is 14.9. The SMILES string of the molecule is C[C@H]1CNCCN1C(=O)c1cc(-c2ccco2)n(-c2ccc(Cl)cc2)n1.Cl. The van der Waals surface area contributed by atoms with E-state index in [4.69, 9.17) is 16.0 Å². The third kappa shape index (κ3) is 3.88. The van der Waals surface area contributed by atoms with Crippen LogP contribution in [0.5, 0.6) is 0 Å². The molecule has 1 N–H and O–H groups in total. The average Bonchev–Trinajstić information content (AvgIpc) is 3.32. The van der Waals surface area contributed by atoms with Gasteiger partial charge in [-0.1, -0.05) is 11.6 Å². The molecular formula is C19H20Cl2N4O2. The van der Waals surface area contributed by atoms with E-state index in [1.807, 2.05) is 36.1 Å². The van der Waals surface area contributed by atoms with E-state index < -0.39 is 0 Å². The first-order chi connectivity index (χ1) is 12.6. The van der Waals surface area contributed by atoms with Crippen molar-refractivity contribution in [1.29, 1.82) is 0 Å². The fourth-order valence-electron chi connectivity index (χ4n) is 3.15. The summed E-state index contributed by atoms with van der Waals surface area (Å²) in [5.41, 5.74) is 1.94. The topological polar surface area (TPSA) is 63.3 Å². The van der Waals surface area contributed by atoms with Crippen LogP contribution < -0.4 is 5.32 Å². The van der Waals surface area contributed by atoms with Crippen molar-refractivity contribution in [3.63, 3.8) is 0 Å². The fourth-order valence-corrected chi connectivity index (χ4v) is 3.28. The molecule has 8 heteroatoms. The van der Waals surface area contributed by atoms with Crippen LogP contribution in [0.4, 0.5) is 0 Å². The lowest BCUT2D eigenvalue weighted by Crippen LogP contribution is -2.52. The maximum Gasteiger partial charge on any atom is 0.274 e. The highest BCUT2D eigenvalue weighted by Crippen LogP contribution is 2.26. The molecule has 1 aliphatic rings. The van der Waals surface area contributed by atoms with Gasteiger partial charge in [-0.15, -0.1) is 12.4 Å². The number of benzene rings is 1. The Morgan fingerprint density at radius 1 is 1.30 bits per heavy atom. The van der Waals surface area contributed by atoms with Crippen LogP contribution in [-0.2, 0) is 0 Å². The molecule has 3 heterocycles. The molecular weight excluding hydrogens is 387 g/mol. The van der Waals surface area contributed by atoms with Crippen molar-refractivity contribution in [3.05, 3.63) is 59.4 Å². The fraction of sp³-hybridized carbons (Fsp3) is 0.263. The summed E-state index contributed by atoms with van der Waals surface area (Å²) in [6.45, 7) is 4.28. The van der Waals surface area contributed by atoms with Crippen molar-refractivity contribution in [3.8, 4) is 17.1 Å². The summed E-state index contributed by atoms with van der Waals surface area (Å²) < 4.78 is 7.26. The molecule has 2 aromatic heterocycles. The molecule has 6 nitrogen and oxygen atoms in total. The second kappa shape index (κ2) is 8.17. The average molecular weight is 407 g/mol. The van der Waals surface area contributed by atoms with Crippen LogP contribution in [0.15, 0.2) is 53.1 Å². The molecule has 0 unspecified atom stereocenters. The summed E-state index contributed by atoms with van der Waals surface area (Å²) in [7, 11) is 0. The van der Waals surface area contributed by atoms with Crippen LogP contribution in [0.2, 0.25) is 5.02 Å². The van der Waals surface area contributed by atoms with Crippen LogP contribution in [-0.4, -0.2) is 46.3 Å². The van der Waals surface area contributed by atoms with Crippen molar-refractivity contribution in [2.45, 2.75) is 13.0 Å². The molecule has 27 heavy (non-hydrogen) atoms. The Kier molecular flexibility index (Phi) is 5.89. The predicted octanol–water partition coefficient (Wildman–Crippen LogP) is 3.64. The third-order valence-electron chi connectivity index (χ3n) is 4.54. The minimum absolute atomic E-state index is 0. The summed E-state index contributed by atoms with van der Waals surface area (Å²) in [6.07, 6.45) is 1.61. The molecule has 3 aromatic rings. The summed E-state index contributed by atoms with van der Waals surface area (Å²) in [5, 5.41) is 8.52. The van der Waals surface area contributed by atoms with Gasteiger partial charge in [-0.25, -0.2) is 4.68 Å². The molecule has 0 saturated carbocycles. The highest BCUT2D eigenvalue weighted by Gasteiger charge is 2.27. The molecule has 0 radical (unpaired) electrons. The standard InChI is InChI=1S/C19H19ClN4O2.ClH/c1-13-12-21-8-9-23(13)19(25)16-11-17(18-3-2-10-26-18)24(22-16)15-6-4-14(20)5-7-15;/h2-7,10-11,13,21H,8-9,12H2,1H3;1H/t13-;/m0./s1. The van der Waals surface area contributed by atoms with Crippen molar-refractivity contribution in [1.82, 2.24) is 20.0 Å². The summed E-state index contributed by atoms with van der Waals surface area (Å²) in [6, 6.07) is 12.9. The number of aromatic nitrogens is 2. The number of amides is 1. The zero-order valence-corrected chi connectivity index (χ0v) is 16.3. The smallest absolute Gasteiger partial charge is 0.274 e. The molecule has 1 fully saturated rings. The van der Waals surface area contributed by atoms with E-state index in [-0.39, 0.29) is 24.4 Å². The Bertz CT molecular complexity index is 906. The van der Waals surface area contributed by atoms with E-state index in [0.29, 0.717) is 23.0 Å². The van der Waals surface area contributed by atoms with Crippen LogP contribution in [0.1, 0.15) is 17.4 Å². The van der Waals surface area contributed by atoms with Crippen molar-refractivity contribution in [2.24, 2.45) is 0 Å². The van der Waals surface area contributed by atoms with E-state index in [0.717, 1.165) is 24.5 Å². The highest BCUT2D eigenvalue weighted by molar-refractivity contribution is 6.30. The second-order valence-corrected chi connectivity index (χ2v) is 6.77. The molecule has 1 saturated heterocycles. The van der Waals surface area contributed by atoms with Crippen molar-refractivity contribution >= 4 is 29.9 Å². The number of hydrogen-bond donors (Lipinski definition) is 1. The zero-order chi connectivity index (χ0) is 18.1. The van der Waals surface area contributed by atoms with E-state index in [1.54, 1.807) is 29.1 Å². The number of nitrogens with one attached hydrogen (secondary N) is 1. The number of carbonyl (C=O) groups excluding carboxylic acids is 1. The van der Waals surface area contributed by atoms with E-state index in [1.165, 1.54) is 0 Å². The van der Waals surface area contributed by atoms with Crippen LogP contribution in [0.3, 0.4) is 0 Å². The first-order valence-corrected chi connectivity index (χ1v) is 8.93. The third-order valence-corrected chi connectivity index (χ3v) is 4.79. The molecule has 1 amide bonds. The normalized spacial score (nSPS) is 16.8. The molecule has 1 aromatic carbocycles. The van der Waals surface area contributed by atoms with Gasteiger partial charge in [0.25, 0.3) is 5.91 Å². The quantitative estimate of drug-likeness (QED) is 0.720. The molecule has 1 aliphatic heterocycles. The molecule has 0 bridgehead atoms. The Hall–Kier alpha value is -2.28. The predicted molar refractivity (Wildman–Crippen MR) is 107 cm³/mol. The Balaban J connectivity index is 0.00000210. The molecule has 0 spiro atoms. The van der Waals surface area contributed by atoms with Crippen LogP contribution in [0.25, 0.3) is 17.1 Å². The lowest BCUT2D eigenvalue weighted by molar-refractivity contribution is 0.0649. The minimum atomic E-state index is -0.0699. The Morgan fingerprint density at radius 3 is 2.74 bits per heavy atom. The van der Waals surface area contributed by atoms with Crippen LogP contribution in [0, 0.1) is 0 Å². The van der Waals surface area contributed by atoms with Gasteiger partial charge < -0.3 is 14.6 Å². The minimum Gasteiger partial charge on any atom is -0.463 e. The first-order valence-electron chi connectivity index (χ1n) is 8.55. The maximum absolute atomic E-state index is 13.0. The molecule has 4 rings (SSSR count). The first kappa shape index (κ1) is 19.5. The van der Waals surface area contributed by atoms with E-state index in [9.17, 15) is 4.79 Å². The van der Waals surface area contributed by atoms with Gasteiger partial charge in [0.1, 0.15) is 5.69 Å². The van der Waals surface area contributed by atoms with Crippen LogP contribution >= 0.6 is 24.0 Å². The largest absolute Gasteiger partial charge is 0.463 e. The number of carbonyl (C=O) groups is 1. The molecule has 0 aliphatic carbocycles. The van der Waals surface area contributed by atoms with E-state index in [2.05, 4.69) is 10.4 Å². The van der Waals surface area contributed by atoms with Gasteiger partial charge in [0.15, 0.2) is 11.5 Å². The van der Waals surface area contributed by atoms with Gasteiger partial charge >= 0.3 is 0 Å². The molecule has 1 atom stereocenters. The maximum atomic E-state index is 13.0. The monoisotopic (exact) mass is 406 g/mol. The summed E-state index contributed by atoms with van der Waals surface area (Å²) >= 11 is 6.00. The number of hydrogen-bond acceptors (Lipinski definition) is 4. The van der Waals surface area contributed by atoms with Gasteiger partial charge in [0, 0.05) is 36.8 Å². The number of piperazine rings is 1. The van der Waals surface area contributed by atoms with Crippen molar-refractivity contribution in [2.75, 3.05) is 19.6 Å². The van der Waals surface area contributed by atoms with E-state index >= 15 is 0 Å². The number of halogens is 2. The number of rotatable bonds is 3. The Morgan fingerprint density at radius 2 is 2.07 bits per heavy atom. The number of nitrogens with zero attached hydrogens (tertiary/aromatic N) is 3. The van der Waals surface area contributed by atoms with Gasteiger partial charge in [-0.3, -0.25) is 4.79 Å². The second-order valence-electron chi connectivity index (χ2n) is 6.33.